The topological polar surface area (TPSA) is 33.1 Å². The number of pyridine rings is 1. The van der Waals surface area contributed by atoms with Crippen molar-refractivity contribution in [3.05, 3.63) is 29.6 Å². The highest BCUT2D eigenvalue weighted by molar-refractivity contribution is 5.28. The van der Waals surface area contributed by atoms with Gasteiger partial charge in [-0.25, -0.2) is 0 Å². The number of aryl methyl sites for hydroxylation is 1. The number of aliphatic hydroxyl groups is 1. The van der Waals surface area contributed by atoms with Crippen molar-refractivity contribution < 1.29 is 5.11 Å². The molecular formula is C12H17NO. The molecule has 0 spiro atoms. The van der Waals surface area contributed by atoms with Crippen LogP contribution in [0.3, 0.4) is 0 Å². The van der Waals surface area contributed by atoms with Crippen molar-refractivity contribution >= 4 is 0 Å². The fourth-order valence-corrected chi connectivity index (χ4v) is 2.29. The lowest BCUT2D eigenvalue weighted by Crippen LogP contribution is -2.07. The Morgan fingerprint density at radius 2 is 2.50 bits per heavy atom. The molecule has 0 fully saturated rings. The molecule has 2 rings (SSSR count). The first-order chi connectivity index (χ1) is 6.81. The molecule has 1 aromatic heterocycles. The van der Waals surface area contributed by atoms with Crippen molar-refractivity contribution in [2.75, 3.05) is 6.61 Å². The van der Waals surface area contributed by atoms with Gasteiger partial charge in [0.15, 0.2) is 0 Å². The Bertz CT molecular complexity index is 311. The summed E-state index contributed by atoms with van der Waals surface area (Å²) in [4.78, 5) is 4.45. The Labute approximate surface area is 85.0 Å². The molecule has 2 nitrogen and oxygen atoms in total. The van der Waals surface area contributed by atoms with Crippen molar-refractivity contribution in [2.24, 2.45) is 5.92 Å². The zero-order valence-corrected chi connectivity index (χ0v) is 8.61. The molecule has 0 amide bonds. The lowest BCUT2D eigenvalue weighted by Gasteiger charge is -2.14. The molecular weight excluding hydrogens is 174 g/mol. The Hall–Kier alpha value is -0.890. The van der Waals surface area contributed by atoms with E-state index in [1.165, 1.54) is 17.7 Å². The molecule has 0 bridgehead atoms. The number of aromatic nitrogens is 1. The largest absolute Gasteiger partial charge is 0.396 e. The summed E-state index contributed by atoms with van der Waals surface area (Å²) in [5.41, 5.74) is 2.68. The van der Waals surface area contributed by atoms with E-state index in [4.69, 9.17) is 5.11 Å². The Morgan fingerprint density at radius 1 is 1.64 bits per heavy atom. The molecule has 14 heavy (non-hydrogen) atoms. The van der Waals surface area contributed by atoms with Crippen LogP contribution >= 0.6 is 0 Å². The summed E-state index contributed by atoms with van der Waals surface area (Å²) < 4.78 is 0. The predicted molar refractivity (Wildman–Crippen MR) is 56.2 cm³/mol. The van der Waals surface area contributed by atoms with Gasteiger partial charge in [0, 0.05) is 24.4 Å². The molecule has 2 unspecified atom stereocenters. The van der Waals surface area contributed by atoms with Gasteiger partial charge in [0.1, 0.15) is 0 Å². The summed E-state index contributed by atoms with van der Waals surface area (Å²) in [5.74, 6) is 0.973. The maximum Gasteiger partial charge on any atom is 0.0466 e. The van der Waals surface area contributed by atoms with Crippen molar-refractivity contribution in [3.8, 4) is 0 Å². The van der Waals surface area contributed by atoms with Gasteiger partial charge in [0.2, 0.25) is 0 Å². The minimum absolute atomic E-state index is 0.290. The van der Waals surface area contributed by atoms with Crippen LogP contribution in [0.25, 0.3) is 0 Å². The zero-order chi connectivity index (χ0) is 9.97. The second-order valence-corrected chi connectivity index (χ2v) is 4.31. The maximum absolute atomic E-state index is 9.02. The molecule has 0 saturated carbocycles. The third-order valence-electron chi connectivity index (χ3n) is 3.07. The van der Waals surface area contributed by atoms with Crippen LogP contribution in [-0.4, -0.2) is 16.7 Å². The molecule has 0 radical (unpaired) electrons. The monoisotopic (exact) mass is 191 g/mol. The number of hydrogen-bond donors (Lipinski definition) is 1. The molecule has 0 aromatic carbocycles. The van der Waals surface area contributed by atoms with Crippen LogP contribution < -0.4 is 0 Å². The fourth-order valence-electron chi connectivity index (χ4n) is 2.29. The minimum Gasteiger partial charge on any atom is -0.396 e. The second kappa shape index (κ2) is 4.09. The predicted octanol–water partition coefficient (Wildman–Crippen LogP) is 2.13. The third kappa shape index (κ3) is 1.80. The molecule has 1 aliphatic rings. The molecule has 0 saturated heterocycles. The number of nitrogens with zero attached hydrogens (tertiary/aromatic N) is 1. The second-order valence-electron chi connectivity index (χ2n) is 4.31. The van der Waals surface area contributed by atoms with Crippen LogP contribution in [0.15, 0.2) is 18.3 Å². The molecule has 2 heteroatoms. The van der Waals surface area contributed by atoms with E-state index in [1.807, 2.05) is 12.3 Å². The van der Waals surface area contributed by atoms with Crippen molar-refractivity contribution in [1.82, 2.24) is 4.98 Å². The van der Waals surface area contributed by atoms with Gasteiger partial charge in [-0.15, -0.1) is 0 Å². The molecule has 1 heterocycles. The number of hydrogen-bond acceptors (Lipinski definition) is 2. The van der Waals surface area contributed by atoms with Crippen LogP contribution in [0.1, 0.15) is 36.9 Å². The van der Waals surface area contributed by atoms with Gasteiger partial charge in [0.05, 0.1) is 0 Å². The van der Waals surface area contributed by atoms with Crippen LogP contribution in [0.5, 0.6) is 0 Å². The summed E-state index contributed by atoms with van der Waals surface area (Å²) in [7, 11) is 0. The lowest BCUT2D eigenvalue weighted by molar-refractivity contribution is 0.222. The first-order valence-corrected chi connectivity index (χ1v) is 5.36. The SMILES string of the molecule is CC(CO)CC1CCc2cccnc21. The van der Waals surface area contributed by atoms with Crippen LogP contribution in [0.4, 0.5) is 0 Å². The highest BCUT2D eigenvalue weighted by Crippen LogP contribution is 2.35. The van der Waals surface area contributed by atoms with E-state index in [-0.39, 0.29) is 0 Å². The molecule has 1 aliphatic carbocycles. The number of fused-ring (bicyclic) bond motifs is 1. The molecule has 2 atom stereocenters. The summed E-state index contributed by atoms with van der Waals surface area (Å²) in [5, 5.41) is 9.02. The quantitative estimate of drug-likeness (QED) is 0.794. The maximum atomic E-state index is 9.02. The Balaban J connectivity index is 2.10. The van der Waals surface area contributed by atoms with Gasteiger partial charge < -0.3 is 5.11 Å². The first kappa shape index (κ1) is 9.66. The number of rotatable bonds is 3. The minimum atomic E-state index is 0.290. The van der Waals surface area contributed by atoms with Crippen LogP contribution in [0.2, 0.25) is 0 Å². The van der Waals surface area contributed by atoms with Gasteiger partial charge in [0.25, 0.3) is 0 Å². The van der Waals surface area contributed by atoms with Crippen molar-refractivity contribution in [3.63, 3.8) is 0 Å². The number of aliphatic hydroxyl groups excluding tert-OH is 1. The van der Waals surface area contributed by atoms with Gasteiger partial charge in [-0.2, -0.15) is 0 Å². The van der Waals surface area contributed by atoms with E-state index in [1.54, 1.807) is 0 Å². The summed E-state index contributed by atoms with van der Waals surface area (Å²) in [6.45, 7) is 2.39. The molecule has 1 N–H and O–H groups in total. The third-order valence-corrected chi connectivity index (χ3v) is 3.07. The lowest BCUT2D eigenvalue weighted by atomic mass is 9.94. The zero-order valence-electron chi connectivity index (χ0n) is 8.61. The van der Waals surface area contributed by atoms with Gasteiger partial charge in [-0.1, -0.05) is 13.0 Å². The van der Waals surface area contributed by atoms with E-state index in [2.05, 4.69) is 18.0 Å². The highest BCUT2D eigenvalue weighted by atomic mass is 16.3. The fraction of sp³-hybridized carbons (Fsp3) is 0.583. The van der Waals surface area contributed by atoms with Gasteiger partial charge >= 0.3 is 0 Å². The smallest absolute Gasteiger partial charge is 0.0466 e. The Morgan fingerprint density at radius 3 is 3.29 bits per heavy atom. The van der Waals surface area contributed by atoms with E-state index in [0.717, 1.165) is 12.8 Å². The van der Waals surface area contributed by atoms with E-state index in [9.17, 15) is 0 Å². The highest BCUT2D eigenvalue weighted by Gasteiger charge is 2.24. The van der Waals surface area contributed by atoms with Crippen molar-refractivity contribution in [1.29, 1.82) is 0 Å². The van der Waals surface area contributed by atoms with E-state index >= 15 is 0 Å². The molecule has 76 valence electrons. The van der Waals surface area contributed by atoms with Gasteiger partial charge in [-0.3, -0.25) is 4.98 Å². The van der Waals surface area contributed by atoms with E-state index in [0.29, 0.717) is 18.4 Å². The average molecular weight is 191 g/mol. The average Bonchev–Trinajstić information content (AvgIpc) is 2.62. The molecule has 0 aliphatic heterocycles. The van der Waals surface area contributed by atoms with Crippen molar-refractivity contribution in [2.45, 2.75) is 32.1 Å². The van der Waals surface area contributed by atoms with E-state index < -0.39 is 0 Å². The summed E-state index contributed by atoms with van der Waals surface area (Å²) in [6, 6.07) is 4.18. The molecule has 1 aromatic rings. The summed E-state index contributed by atoms with van der Waals surface area (Å²) >= 11 is 0. The summed E-state index contributed by atoms with van der Waals surface area (Å²) in [6.07, 6.45) is 5.31. The first-order valence-electron chi connectivity index (χ1n) is 5.36. The van der Waals surface area contributed by atoms with Gasteiger partial charge in [-0.05, 0) is 36.8 Å². The normalized spacial score (nSPS) is 22.0. The standard InChI is InChI=1S/C12H17NO/c1-9(8-14)7-11-5-4-10-3-2-6-13-12(10)11/h2-3,6,9,11,14H,4-5,7-8H2,1H3. The van der Waals surface area contributed by atoms with Crippen LogP contribution in [-0.2, 0) is 6.42 Å². The van der Waals surface area contributed by atoms with Crippen LogP contribution in [0, 0.1) is 5.92 Å². The Kier molecular flexibility index (Phi) is 2.82.